The van der Waals surface area contributed by atoms with Crippen LogP contribution >= 0.6 is 15.9 Å². The molecule has 0 atom stereocenters. The Morgan fingerprint density at radius 3 is 2.67 bits per heavy atom. The number of ether oxygens (including phenoxy) is 1. The Bertz CT molecular complexity index is 623. The predicted octanol–water partition coefficient (Wildman–Crippen LogP) is 4.20. The normalized spacial score (nSPS) is 9.95. The second kappa shape index (κ2) is 7.64. The fourth-order valence-corrected chi connectivity index (χ4v) is 2.27. The van der Waals surface area contributed by atoms with Gasteiger partial charge < -0.3 is 10.1 Å². The van der Waals surface area contributed by atoms with Gasteiger partial charge >= 0.3 is 0 Å². The van der Waals surface area contributed by atoms with Crippen LogP contribution in [0.5, 0.6) is 5.75 Å². The number of carbonyl (C=O) groups excluding carboxylic acids is 1. The zero-order valence-corrected chi connectivity index (χ0v) is 13.1. The van der Waals surface area contributed by atoms with Gasteiger partial charge in [0, 0.05) is 10.2 Å². The molecule has 0 radical (unpaired) electrons. The van der Waals surface area contributed by atoms with Crippen molar-refractivity contribution in [1.82, 2.24) is 0 Å². The average molecular weight is 346 g/mol. The molecule has 0 bridgehead atoms. The van der Waals surface area contributed by atoms with Crippen LogP contribution in [-0.4, -0.2) is 12.5 Å². The van der Waals surface area contributed by atoms with E-state index in [0.717, 1.165) is 21.5 Å². The number of hydrogen-bond donors (Lipinski definition) is 1. The van der Waals surface area contributed by atoms with Crippen LogP contribution in [-0.2, 0) is 11.2 Å². The zero-order valence-electron chi connectivity index (χ0n) is 11.5. The van der Waals surface area contributed by atoms with E-state index in [1.54, 1.807) is 6.08 Å². The number of anilines is 1. The molecule has 0 aliphatic rings. The molecular formula is C17H16BrNO2. The minimum atomic E-state index is -0.0483. The number of rotatable bonds is 6. The van der Waals surface area contributed by atoms with Gasteiger partial charge in [-0.3, -0.25) is 4.79 Å². The summed E-state index contributed by atoms with van der Waals surface area (Å²) in [4.78, 5) is 12.0. The van der Waals surface area contributed by atoms with E-state index >= 15 is 0 Å². The first-order valence-electron chi connectivity index (χ1n) is 6.55. The Morgan fingerprint density at radius 1 is 1.24 bits per heavy atom. The van der Waals surface area contributed by atoms with E-state index in [-0.39, 0.29) is 5.91 Å². The topological polar surface area (TPSA) is 38.3 Å². The van der Waals surface area contributed by atoms with Gasteiger partial charge in [0.15, 0.2) is 0 Å². The largest absolute Gasteiger partial charge is 0.490 e. The third-order valence-electron chi connectivity index (χ3n) is 2.76. The average Bonchev–Trinajstić information content (AvgIpc) is 2.46. The summed E-state index contributed by atoms with van der Waals surface area (Å²) in [6, 6.07) is 15.0. The second-order valence-electron chi connectivity index (χ2n) is 4.48. The van der Waals surface area contributed by atoms with Crippen molar-refractivity contribution in [3.63, 3.8) is 0 Å². The highest BCUT2D eigenvalue weighted by atomic mass is 79.9. The van der Waals surface area contributed by atoms with E-state index < -0.39 is 0 Å². The highest BCUT2D eigenvalue weighted by molar-refractivity contribution is 9.10. The summed E-state index contributed by atoms with van der Waals surface area (Å²) in [5.74, 6) is 0.702. The Kier molecular flexibility index (Phi) is 5.58. The third kappa shape index (κ3) is 5.08. The molecule has 0 fully saturated rings. The number of nitrogens with one attached hydrogen (secondary N) is 1. The van der Waals surface area contributed by atoms with Gasteiger partial charge in [-0.1, -0.05) is 40.7 Å². The molecule has 2 rings (SSSR count). The number of hydrogen-bond acceptors (Lipinski definition) is 2. The monoisotopic (exact) mass is 345 g/mol. The summed E-state index contributed by atoms with van der Waals surface area (Å²) < 4.78 is 6.36. The van der Waals surface area contributed by atoms with Gasteiger partial charge in [0.1, 0.15) is 12.4 Å². The molecule has 108 valence electrons. The highest BCUT2D eigenvalue weighted by Gasteiger charge is 2.04. The molecule has 3 nitrogen and oxygen atoms in total. The number of benzene rings is 2. The maximum absolute atomic E-state index is 12.0. The molecule has 0 saturated heterocycles. The molecule has 4 heteroatoms. The van der Waals surface area contributed by atoms with Crippen LogP contribution in [0.4, 0.5) is 5.69 Å². The summed E-state index contributed by atoms with van der Waals surface area (Å²) in [5.41, 5.74) is 1.72. The standard InChI is InChI=1S/C17H16BrNO2/c1-2-10-21-16-8-6-15(7-9-16)19-17(20)12-13-4-3-5-14(18)11-13/h2-9,11H,1,10,12H2,(H,19,20). The van der Waals surface area contributed by atoms with Crippen LogP contribution in [0.1, 0.15) is 5.56 Å². The fourth-order valence-electron chi connectivity index (χ4n) is 1.83. The molecule has 0 aliphatic carbocycles. The third-order valence-corrected chi connectivity index (χ3v) is 3.25. The van der Waals surface area contributed by atoms with E-state index in [0.29, 0.717) is 13.0 Å². The quantitative estimate of drug-likeness (QED) is 0.797. The number of amides is 1. The molecule has 1 N–H and O–H groups in total. The molecule has 0 saturated carbocycles. The van der Waals surface area contributed by atoms with Crippen molar-refractivity contribution in [1.29, 1.82) is 0 Å². The van der Waals surface area contributed by atoms with Crippen molar-refractivity contribution in [3.05, 3.63) is 71.2 Å². The minimum absolute atomic E-state index is 0.0483. The van der Waals surface area contributed by atoms with Gasteiger partial charge in [-0.25, -0.2) is 0 Å². The van der Waals surface area contributed by atoms with Crippen molar-refractivity contribution < 1.29 is 9.53 Å². The smallest absolute Gasteiger partial charge is 0.228 e. The molecule has 1 amide bonds. The highest BCUT2D eigenvalue weighted by Crippen LogP contribution is 2.17. The first-order valence-corrected chi connectivity index (χ1v) is 7.35. The van der Waals surface area contributed by atoms with Crippen LogP contribution in [0, 0.1) is 0 Å². The Morgan fingerprint density at radius 2 is 2.00 bits per heavy atom. The van der Waals surface area contributed by atoms with E-state index in [1.165, 1.54) is 0 Å². The van der Waals surface area contributed by atoms with Crippen LogP contribution in [0.2, 0.25) is 0 Å². The van der Waals surface area contributed by atoms with Crippen molar-refractivity contribution in [2.45, 2.75) is 6.42 Å². The lowest BCUT2D eigenvalue weighted by Crippen LogP contribution is -2.14. The van der Waals surface area contributed by atoms with Gasteiger partial charge in [-0.05, 0) is 42.0 Å². The van der Waals surface area contributed by atoms with Gasteiger partial charge in [-0.15, -0.1) is 0 Å². The first kappa shape index (κ1) is 15.3. The van der Waals surface area contributed by atoms with E-state index in [9.17, 15) is 4.79 Å². The van der Waals surface area contributed by atoms with Gasteiger partial charge in [0.2, 0.25) is 5.91 Å². The maximum Gasteiger partial charge on any atom is 0.228 e. The molecule has 0 unspecified atom stereocenters. The molecule has 2 aromatic carbocycles. The second-order valence-corrected chi connectivity index (χ2v) is 5.39. The van der Waals surface area contributed by atoms with E-state index in [4.69, 9.17) is 4.74 Å². The molecular weight excluding hydrogens is 330 g/mol. The van der Waals surface area contributed by atoms with Crippen LogP contribution in [0.15, 0.2) is 65.7 Å². The predicted molar refractivity (Wildman–Crippen MR) is 88.6 cm³/mol. The van der Waals surface area contributed by atoms with Crippen molar-refractivity contribution in [2.75, 3.05) is 11.9 Å². The van der Waals surface area contributed by atoms with Gasteiger partial charge in [0.25, 0.3) is 0 Å². The lowest BCUT2D eigenvalue weighted by molar-refractivity contribution is -0.115. The minimum Gasteiger partial charge on any atom is -0.490 e. The summed E-state index contributed by atoms with van der Waals surface area (Å²) in [7, 11) is 0. The molecule has 0 aliphatic heterocycles. The molecule has 21 heavy (non-hydrogen) atoms. The lowest BCUT2D eigenvalue weighted by atomic mass is 10.1. The van der Waals surface area contributed by atoms with E-state index in [2.05, 4.69) is 27.8 Å². The van der Waals surface area contributed by atoms with Crippen LogP contribution < -0.4 is 10.1 Å². The van der Waals surface area contributed by atoms with Crippen LogP contribution in [0.25, 0.3) is 0 Å². The molecule has 0 heterocycles. The zero-order chi connectivity index (χ0) is 15.1. The molecule has 0 aromatic heterocycles. The molecule has 2 aromatic rings. The van der Waals surface area contributed by atoms with Gasteiger partial charge in [0.05, 0.1) is 6.42 Å². The van der Waals surface area contributed by atoms with Crippen LogP contribution in [0.3, 0.4) is 0 Å². The summed E-state index contributed by atoms with van der Waals surface area (Å²) in [5, 5.41) is 2.86. The number of halogens is 1. The SMILES string of the molecule is C=CCOc1ccc(NC(=O)Cc2cccc(Br)c2)cc1. The summed E-state index contributed by atoms with van der Waals surface area (Å²) >= 11 is 3.39. The summed E-state index contributed by atoms with van der Waals surface area (Å²) in [6.45, 7) is 4.06. The van der Waals surface area contributed by atoms with E-state index in [1.807, 2.05) is 48.5 Å². The molecule has 0 spiro atoms. The van der Waals surface area contributed by atoms with Crippen molar-refractivity contribution in [2.24, 2.45) is 0 Å². The fraction of sp³-hybridized carbons (Fsp3) is 0.118. The van der Waals surface area contributed by atoms with Gasteiger partial charge in [-0.2, -0.15) is 0 Å². The first-order chi connectivity index (χ1) is 10.2. The maximum atomic E-state index is 12.0. The van der Waals surface area contributed by atoms with Crippen molar-refractivity contribution >= 4 is 27.5 Å². The summed E-state index contributed by atoms with van der Waals surface area (Å²) in [6.07, 6.45) is 2.03. The Labute approximate surface area is 132 Å². The van der Waals surface area contributed by atoms with Crippen molar-refractivity contribution in [3.8, 4) is 5.75 Å². The number of carbonyl (C=O) groups is 1. The lowest BCUT2D eigenvalue weighted by Gasteiger charge is -2.07. The Hall–Kier alpha value is -2.07. The Balaban J connectivity index is 1.91.